The normalized spacial score (nSPS) is 23.0. The van der Waals surface area contributed by atoms with E-state index in [0.717, 1.165) is 67.7 Å². The summed E-state index contributed by atoms with van der Waals surface area (Å²) in [5, 5.41) is 10.5. The van der Waals surface area contributed by atoms with Gasteiger partial charge in [0.2, 0.25) is 0 Å². The molecule has 4 nitrogen and oxygen atoms in total. The van der Waals surface area contributed by atoms with Crippen molar-refractivity contribution in [1.82, 2.24) is 4.98 Å². The number of ether oxygens (including phenoxy) is 1. The number of rotatable bonds is 2. The fourth-order valence-electron chi connectivity index (χ4n) is 3.98. The molecule has 1 aliphatic heterocycles. The maximum atomic E-state index is 11.7. The van der Waals surface area contributed by atoms with Crippen molar-refractivity contribution in [3.05, 3.63) is 28.1 Å². The predicted molar refractivity (Wildman–Crippen MR) is 95.6 cm³/mol. The topological polar surface area (TPSA) is 59.4 Å². The number of nitrogens with zero attached hydrogens (tertiary/aromatic N) is 1. The first-order chi connectivity index (χ1) is 11.4. The van der Waals surface area contributed by atoms with E-state index < -0.39 is 6.10 Å². The molecule has 1 atom stereocenters. The van der Waals surface area contributed by atoms with E-state index in [0.29, 0.717) is 11.5 Å². The lowest BCUT2D eigenvalue weighted by Crippen LogP contribution is -2.29. The van der Waals surface area contributed by atoms with E-state index >= 15 is 0 Å². The van der Waals surface area contributed by atoms with Crippen LogP contribution in [0.25, 0.3) is 0 Å². The molecule has 1 fully saturated rings. The number of aliphatic hydroxyl groups is 1. The molecule has 1 saturated heterocycles. The molecule has 1 aromatic rings. The zero-order valence-electron chi connectivity index (χ0n) is 15.7. The summed E-state index contributed by atoms with van der Waals surface area (Å²) in [6.07, 6.45) is 3.80. The van der Waals surface area contributed by atoms with E-state index in [4.69, 9.17) is 9.72 Å². The molecule has 1 aliphatic carbocycles. The maximum absolute atomic E-state index is 11.7. The van der Waals surface area contributed by atoms with Crippen LogP contribution in [0.15, 0.2) is 0 Å². The minimum Gasteiger partial charge on any atom is -0.388 e. The van der Waals surface area contributed by atoms with Crippen LogP contribution in [0.2, 0.25) is 0 Å². The number of pyridine rings is 1. The molecule has 0 aromatic carbocycles. The van der Waals surface area contributed by atoms with Gasteiger partial charge in [0.1, 0.15) is 0 Å². The summed E-state index contributed by atoms with van der Waals surface area (Å²) < 4.78 is 5.43. The van der Waals surface area contributed by atoms with Crippen LogP contribution in [0.4, 0.5) is 0 Å². The highest BCUT2D eigenvalue weighted by Crippen LogP contribution is 2.43. The average Bonchev–Trinajstić information content (AvgIpc) is 2.55. The van der Waals surface area contributed by atoms with Gasteiger partial charge in [-0.25, -0.2) is 0 Å². The molecule has 1 N–H and O–H groups in total. The van der Waals surface area contributed by atoms with Crippen molar-refractivity contribution >= 4 is 6.29 Å². The van der Waals surface area contributed by atoms with Crippen LogP contribution >= 0.6 is 0 Å². The molecule has 0 radical (unpaired) electrons. The van der Waals surface area contributed by atoms with E-state index in [9.17, 15) is 9.90 Å². The molecule has 0 saturated carbocycles. The predicted octanol–water partition coefficient (Wildman–Crippen LogP) is 4.13. The third kappa shape index (κ3) is 3.70. The van der Waals surface area contributed by atoms with Gasteiger partial charge in [-0.05, 0) is 43.6 Å². The largest absolute Gasteiger partial charge is 0.388 e. The van der Waals surface area contributed by atoms with E-state index in [-0.39, 0.29) is 5.41 Å². The summed E-state index contributed by atoms with van der Waals surface area (Å²) in [7, 11) is 0. The second kappa shape index (κ2) is 7.75. The summed E-state index contributed by atoms with van der Waals surface area (Å²) >= 11 is 0. The van der Waals surface area contributed by atoms with Gasteiger partial charge in [-0.15, -0.1) is 0 Å². The number of fused-ring (bicyclic) bond motifs is 1. The van der Waals surface area contributed by atoms with E-state index in [1.807, 2.05) is 20.8 Å². The molecular weight excluding hydrogens is 302 g/mol. The van der Waals surface area contributed by atoms with E-state index in [2.05, 4.69) is 13.8 Å². The minimum absolute atomic E-state index is 0.0432. The van der Waals surface area contributed by atoms with E-state index in [1.165, 1.54) is 0 Å². The summed E-state index contributed by atoms with van der Waals surface area (Å²) in [4.78, 5) is 16.5. The van der Waals surface area contributed by atoms with Crippen LogP contribution in [0.3, 0.4) is 0 Å². The van der Waals surface area contributed by atoms with Crippen LogP contribution in [0.1, 0.15) is 91.9 Å². The van der Waals surface area contributed by atoms with Gasteiger partial charge >= 0.3 is 0 Å². The molecule has 4 heteroatoms. The highest BCUT2D eigenvalue weighted by molar-refractivity contribution is 5.80. The molecule has 1 unspecified atom stereocenters. The van der Waals surface area contributed by atoms with Gasteiger partial charge < -0.3 is 9.84 Å². The number of aromatic nitrogens is 1. The summed E-state index contributed by atoms with van der Waals surface area (Å²) in [6.45, 7) is 11.7. The van der Waals surface area contributed by atoms with Gasteiger partial charge in [-0.1, -0.05) is 27.7 Å². The first-order valence-corrected chi connectivity index (χ1v) is 9.17. The van der Waals surface area contributed by atoms with Crippen LogP contribution in [0.5, 0.6) is 0 Å². The Morgan fingerprint density at radius 2 is 1.88 bits per heavy atom. The van der Waals surface area contributed by atoms with Gasteiger partial charge in [-0.3, -0.25) is 9.78 Å². The second-order valence-electron chi connectivity index (χ2n) is 7.46. The molecule has 1 aromatic heterocycles. The number of hydrogen-bond donors (Lipinski definition) is 1. The monoisotopic (exact) mass is 333 g/mol. The molecule has 0 bridgehead atoms. The summed E-state index contributed by atoms with van der Waals surface area (Å²) in [5.74, 6) is 0.292. The summed E-state index contributed by atoms with van der Waals surface area (Å²) in [6, 6.07) is 0. The second-order valence-corrected chi connectivity index (χ2v) is 7.46. The minimum atomic E-state index is -0.520. The maximum Gasteiger partial charge on any atom is 0.152 e. The van der Waals surface area contributed by atoms with Crippen molar-refractivity contribution in [2.45, 2.75) is 72.3 Å². The van der Waals surface area contributed by atoms with Crippen LogP contribution < -0.4 is 0 Å². The van der Waals surface area contributed by atoms with Gasteiger partial charge in [0.05, 0.1) is 11.8 Å². The highest BCUT2D eigenvalue weighted by atomic mass is 16.5. The smallest absolute Gasteiger partial charge is 0.152 e. The lowest BCUT2D eigenvalue weighted by Gasteiger charge is -2.36. The molecule has 0 spiro atoms. The zero-order valence-corrected chi connectivity index (χ0v) is 15.7. The van der Waals surface area contributed by atoms with Gasteiger partial charge in [0, 0.05) is 36.0 Å². The van der Waals surface area contributed by atoms with Gasteiger partial charge in [-0.2, -0.15) is 0 Å². The van der Waals surface area contributed by atoms with Gasteiger partial charge in [0.25, 0.3) is 0 Å². The number of aldehydes is 1. The Balaban J connectivity index is 0.00000100. The molecule has 134 valence electrons. The highest BCUT2D eigenvalue weighted by Gasteiger charge is 2.35. The first-order valence-electron chi connectivity index (χ1n) is 9.17. The lowest BCUT2D eigenvalue weighted by molar-refractivity contribution is 0.0829. The van der Waals surface area contributed by atoms with Crippen LogP contribution in [-0.2, 0) is 11.2 Å². The van der Waals surface area contributed by atoms with Crippen molar-refractivity contribution in [1.29, 1.82) is 0 Å². The van der Waals surface area contributed by atoms with Crippen molar-refractivity contribution in [2.24, 2.45) is 5.41 Å². The fraction of sp³-hybridized carbons (Fsp3) is 0.700. The molecule has 2 aliphatic rings. The van der Waals surface area contributed by atoms with Crippen molar-refractivity contribution in [3.8, 4) is 0 Å². The Kier molecular flexibility index (Phi) is 6.16. The van der Waals surface area contributed by atoms with Crippen molar-refractivity contribution in [3.63, 3.8) is 0 Å². The average molecular weight is 333 g/mol. The Morgan fingerprint density at radius 3 is 2.46 bits per heavy atom. The number of aliphatic hydroxyl groups excluding tert-OH is 1. The Labute approximate surface area is 145 Å². The first kappa shape index (κ1) is 19.1. The Bertz CT molecular complexity index is 589. The Morgan fingerprint density at radius 1 is 1.25 bits per heavy atom. The SMILES string of the molecule is CC.Cc1c(C=O)c(C2CCOCC2)nc2c1C(O)CC(C)(C)C2. The molecule has 0 amide bonds. The molecule has 24 heavy (non-hydrogen) atoms. The van der Waals surface area contributed by atoms with Crippen LogP contribution in [-0.4, -0.2) is 29.6 Å². The van der Waals surface area contributed by atoms with Crippen molar-refractivity contribution < 1.29 is 14.6 Å². The third-order valence-electron chi connectivity index (χ3n) is 5.10. The van der Waals surface area contributed by atoms with Crippen molar-refractivity contribution in [2.75, 3.05) is 13.2 Å². The number of carbonyl (C=O) groups excluding carboxylic acids is 1. The lowest BCUT2D eigenvalue weighted by atomic mass is 9.73. The molecule has 3 rings (SSSR count). The third-order valence-corrected chi connectivity index (χ3v) is 5.10. The number of hydrogen-bond acceptors (Lipinski definition) is 4. The molecular formula is C20H31NO3. The summed E-state index contributed by atoms with van der Waals surface area (Å²) in [5.41, 5.74) is 4.43. The quantitative estimate of drug-likeness (QED) is 0.827. The van der Waals surface area contributed by atoms with Crippen LogP contribution in [0, 0.1) is 12.3 Å². The Hall–Kier alpha value is -1.26. The molecule has 2 heterocycles. The van der Waals surface area contributed by atoms with E-state index in [1.54, 1.807) is 0 Å². The standard InChI is InChI=1S/C18H25NO3.C2H6/c1-11-13(10-20)17(12-4-6-22-7-5-12)19-14-8-18(2,3)9-15(21)16(11)14;1-2/h10,12,15,21H,4-9H2,1-3H3;1-2H3. The fourth-order valence-corrected chi connectivity index (χ4v) is 3.98. The zero-order chi connectivity index (χ0) is 17.9. The number of carbonyl (C=O) groups is 1. The van der Waals surface area contributed by atoms with Gasteiger partial charge in [0.15, 0.2) is 6.29 Å².